The number of aliphatic hydroxyl groups is 1. The van der Waals surface area contributed by atoms with Gasteiger partial charge < -0.3 is 10.4 Å². The Kier molecular flexibility index (Phi) is 4.35. The summed E-state index contributed by atoms with van der Waals surface area (Å²) in [5, 5.41) is 12.2. The Labute approximate surface area is 114 Å². The first-order chi connectivity index (χ1) is 8.56. The fourth-order valence-electron chi connectivity index (χ4n) is 2.24. The molecule has 0 saturated heterocycles. The van der Waals surface area contributed by atoms with Crippen molar-refractivity contribution in [3.8, 4) is 0 Å². The molecule has 1 aromatic carbocycles. The second-order valence-corrected chi connectivity index (χ2v) is 5.52. The maximum absolute atomic E-state index is 12.9. The number of rotatable bonds is 3. The normalized spacial score (nSPS) is 23.1. The highest BCUT2D eigenvalue weighted by Crippen LogP contribution is 2.25. The van der Waals surface area contributed by atoms with Crippen LogP contribution in [0.3, 0.4) is 0 Å². The smallest absolute Gasteiger partial charge is 0.252 e. The summed E-state index contributed by atoms with van der Waals surface area (Å²) in [6.07, 6.45) is 2.25. The van der Waals surface area contributed by atoms with Crippen molar-refractivity contribution in [3.05, 3.63) is 34.1 Å². The SMILES string of the molecule is O=C(NCC1CCC(O)C1)c1ccc(F)cc1Br. The zero-order chi connectivity index (χ0) is 13.1. The van der Waals surface area contributed by atoms with E-state index in [1.165, 1.54) is 18.2 Å². The molecule has 1 aliphatic carbocycles. The molecule has 1 amide bonds. The van der Waals surface area contributed by atoms with Gasteiger partial charge in [0.05, 0.1) is 11.7 Å². The fourth-order valence-corrected chi connectivity index (χ4v) is 2.77. The highest BCUT2D eigenvalue weighted by Gasteiger charge is 2.23. The molecule has 1 fully saturated rings. The second kappa shape index (κ2) is 5.80. The molecule has 18 heavy (non-hydrogen) atoms. The average Bonchev–Trinajstić information content (AvgIpc) is 2.72. The molecule has 1 aromatic rings. The van der Waals surface area contributed by atoms with Crippen molar-refractivity contribution in [2.45, 2.75) is 25.4 Å². The predicted molar refractivity (Wildman–Crippen MR) is 69.8 cm³/mol. The summed E-state index contributed by atoms with van der Waals surface area (Å²) < 4.78 is 13.3. The molecule has 3 nitrogen and oxygen atoms in total. The summed E-state index contributed by atoms with van der Waals surface area (Å²) in [4.78, 5) is 11.9. The minimum absolute atomic E-state index is 0.219. The maximum Gasteiger partial charge on any atom is 0.252 e. The van der Waals surface area contributed by atoms with Crippen molar-refractivity contribution in [3.63, 3.8) is 0 Å². The lowest BCUT2D eigenvalue weighted by molar-refractivity contribution is 0.0944. The van der Waals surface area contributed by atoms with Crippen LogP contribution in [-0.4, -0.2) is 23.7 Å². The second-order valence-electron chi connectivity index (χ2n) is 4.67. The quantitative estimate of drug-likeness (QED) is 0.900. The molecule has 2 N–H and O–H groups in total. The lowest BCUT2D eigenvalue weighted by Crippen LogP contribution is -2.28. The molecule has 5 heteroatoms. The lowest BCUT2D eigenvalue weighted by atomic mass is 10.1. The molecule has 98 valence electrons. The zero-order valence-corrected chi connectivity index (χ0v) is 11.4. The van der Waals surface area contributed by atoms with Crippen LogP contribution < -0.4 is 5.32 Å². The molecular weight excluding hydrogens is 301 g/mol. The van der Waals surface area contributed by atoms with Crippen LogP contribution in [-0.2, 0) is 0 Å². The van der Waals surface area contributed by atoms with Crippen molar-refractivity contribution in [1.29, 1.82) is 0 Å². The van der Waals surface area contributed by atoms with Crippen molar-refractivity contribution in [2.75, 3.05) is 6.54 Å². The Morgan fingerprint density at radius 2 is 2.28 bits per heavy atom. The van der Waals surface area contributed by atoms with Crippen LogP contribution >= 0.6 is 15.9 Å². The molecule has 2 atom stereocenters. The van der Waals surface area contributed by atoms with E-state index >= 15 is 0 Å². The van der Waals surface area contributed by atoms with E-state index in [9.17, 15) is 14.3 Å². The number of carbonyl (C=O) groups is 1. The van der Waals surface area contributed by atoms with Crippen molar-refractivity contribution in [1.82, 2.24) is 5.32 Å². The Hall–Kier alpha value is -0.940. The Bertz CT molecular complexity index is 453. The number of hydrogen-bond donors (Lipinski definition) is 2. The summed E-state index contributed by atoms with van der Waals surface area (Å²) in [6.45, 7) is 0.555. The van der Waals surface area contributed by atoms with Gasteiger partial charge in [-0.1, -0.05) is 0 Å². The first kappa shape index (κ1) is 13.5. The molecule has 0 heterocycles. The van der Waals surface area contributed by atoms with E-state index in [0.29, 0.717) is 22.5 Å². The molecule has 1 aliphatic rings. The van der Waals surface area contributed by atoms with Gasteiger partial charge >= 0.3 is 0 Å². The van der Waals surface area contributed by atoms with E-state index in [0.717, 1.165) is 19.3 Å². The van der Waals surface area contributed by atoms with Gasteiger partial charge in [0, 0.05) is 11.0 Å². The number of hydrogen-bond acceptors (Lipinski definition) is 2. The Morgan fingerprint density at radius 3 is 2.89 bits per heavy atom. The van der Waals surface area contributed by atoms with Gasteiger partial charge in [-0.2, -0.15) is 0 Å². The first-order valence-corrected chi connectivity index (χ1v) is 6.77. The third-order valence-corrected chi connectivity index (χ3v) is 3.90. The molecular formula is C13H15BrFNO2. The van der Waals surface area contributed by atoms with E-state index in [-0.39, 0.29) is 17.8 Å². The largest absolute Gasteiger partial charge is 0.393 e. The van der Waals surface area contributed by atoms with Crippen molar-refractivity contribution >= 4 is 21.8 Å². The number of nitrogens with one attached hydrogen (secondary N) is 1. The topological polar surface area (TPSA) is 49.3 Å². The van der Waals surface area contributed by atoms with E-state index < -0.39 is 0 Å². The third kappa shape index (κ3) is 3.29. The standard InChI is InChI=1S/C13H15BrFNO2/c14-12-6-9(15)2-4-11(12)13(18)16-7-8-1-3-10(17)5-8/h2,4,6,8,10,17H,1,3,5,7H2,(H,16,18). The van der Waals surface area contributed by atoms with Gasteiger partial charge in [0.2, 0.25) is 0 Å². The average molecular weight is 316 g/mol. The fraction of sp³-hybridized carbons (Fsp3) is 0.462. The maximum atomic E-state index is 12.9. The zero-order valence-electron chi connectivity index (χ0n) is 9.83. The number of benzene rings is 1. The summed E-state index contributed by atoms with van der Waals surface area (Å²) in [6, 6.07) is 3.99. The van der Waals surface area contributed by atoms with Crippen LogP contribution in [0.2, 0.25) is 0 Å². The molecule has 0 aliphatic heterocycles. The molecule has 0 radical (unpaired) electrons. The van der Waals surface area contributed by atoms with Crippen LogP contribution in [0.5, 0.6) is 0 Å². The van der Waals surface area contributed by atoms with E-state index in [1.54, 1.807) is 0 Å². The molecule has 0 aromatic heterocycles. The summed E-state index contributed by atoms with van der Waals surface area (Å²) in [7, 11) is 0. The van der Waals surface area contributed by atoms with Gasteiger partial charge in [-0.25, -0.2) is 4.39 Å². The minimum Gasteiger partial charge on any atom is -0.393 e. The predicted octanol–water partition coefficient (Wildman–Crippen LogP) is 2.48. The molecule has 2 rings (SSSR count). The van der Waals surface area contributed by atoms with Crippen LogP contribution in [0.1, 0.15) is 29.6 Å². The summed E-state index contributed by atoms with van der Waals surface area (Å²) in [5.41, 5.74) is 0.426. The number of carbonyl (C=O) groups excluding carboxylic acids is 1. The van der Waals surface area contributed by atoms with E-state index in [2.05, 4.69) is 21.2 Å². The van der Waals surface area contributed by atoms with Gasteiger partial charge in [0.15, 0.2) is 0 Å². The van der Waals surface area contributed by atoms with Crippen molar-refractivity contribution in [2.24, 2.45) is 5.92 Å². The highest BCUT2D eigenvalue weighted by molar-refractivity contribution is 9.10. The van der Waals surface area contributed by atoms with Gasteiger partial charge in [-0.3, -0.25) is 4.79 Å². The number of aliphatic hydroxyl groups excluding tert-OH is 1. The van der Waals surface area contributed by atoms with Gasteiger partial charge in [0.1, 0.15) is 5.82 Å². The molecule has 1 saturated carbocycles. The van der Waals surface area contributed by atoms with Crippen molar-refractivity contribution < 1.29 is 14.3 Å². The van der Waals surface area contributed by atoms with Crippen LogP contribution in [0.15, 0.2) is 22.7 Å². The summed E-state index contributed by atoms with van der Waals surface area (Å²) >= 11 is 3.17. The molecule has 2 unspecified atom stereocenters. The number of halogens is 2. The molecule has 0 bridgehead atoms. The van der Waals surface area contributed by atoms with Gasteiger partial charge in [-0.05, 0) is 59.3 Å². The van der Waals surface area contributed by atoms with E-state index in [4.69, 9.17) is 0 Å². The lowest BCUT2D eigenvalue weighted by Gasteiger charge is -2.11. The van der Waals surface area contributed by atoms with Crippen LogP contribution in [0.4, 0.5) is 4.39 Å². The third-order valence-electron chi connectivity index (χ3n) is 3.24. The van der Waals surface area contributed by atoms with E-state index in [1.807, 2.05) is 0 Å². The number of amides is 1. The minimum atomic E-state index is -0.377. The monoisotopic (exact) mass is 315 g/mol. The summed E-state index contributed by atoms with van der Waals surface area (Å²) in [5.74, 6) is -0.260. The highest BCUT2D eigenvalue weighted by atomic mass is 79.9. The molecule has 0 spiro atoms. The van der Waals surface area contributed by atoms with Gasteiger partial charge in [0.25, 0.3) is 5.91 Å². The van der Waals surface area contributed by atoms with Gasteiger partial charge in [-0.15, -0.1) is 0 Å². The Balaban J connectivity index is 1.91. The van der Waals surface area contributed by atoms with Crippen LogP contribution in [0, 0.1) is 11.7 Å². The van der Waals surface area contributed by atoms with Crippen LogP contribution in [0.25, 0.3) is 0 Å². The Morgan fingerprint density at radius 1 is 1.50 bits per heavy atom. The first-order valence-electron chi connectivity index (χ1n) is 5.97.